The van der Waals surface area contributed by atoms with E-state index in [1.165, 1.54) is 18.6 Å². The number of piperidine rings is 1. The number of carbonyl (C=O) groups excluding carboxylic acids is 1. The first-order chi connectivity index (χ1) is 13.8. The van der Waals surface area contributed by atoms with E-state index in [0.717, 1.165) is 37.2 Å². The fraction of sp³-hybridized carbons (Fsp3) is 0.458. The molecule has 5 heteroatoms. The maximum atomic E-state index is 14.7. The molecule has 0 saturated carbocycles. The van der Waals surface area contributed by atoms with Crippen LogP contribution < -0.4 is 15.0 Å². The SMILES string of the molecule is CC(=O)N[C@@H](C)c1ccc(N2CCC(c3ccc(OC(C)C)cc3)CC2)c(F)c1. The molecule has 2 aromatic carbocycles. The summed E-state index contributed by atoms with van der Waals surface area (Å²) in [5.74, 6) is 1.04. The monoisotopic (exact) mass is 398 g/mol. The van der Waals surface area contributed by atoms with Gasteiger partial charge in [-0.25, -0.2) is 4.39 Å². The van der Waals surface area contributed by atoms with E-state index < -0.39 is 0 Å². The van der Waals surface area contributed by atoms with Gasteiger partial charge in [0.05, 0.1) is 17.8 Å². The largest absolute Gasteiger partial charge is 0.491 e. The average Bonchev–Trinajstić information content (AvgIpc) is 2.68. The molecule has 0 unspecified atom stereocenters. The van der Waals surface area contributed by atoms with Gasteiger partial charge < -0.3 is 15.0 Å². The second-order valence-electron chi connectivity index (χ2n) is 8.13. The lowest BCUT2D eigenvalue weighted by Crippen LogP contribution is -2.33. The van der Waals surface area contributed by atoms with E-state index in [9.17, 15) is 9.18 Å². The Morgan fingerprint density at radius 1 is 1.10 bits per heavy atom. The van der Waals surface area contributed by atoms with Crippen LogP contribution in [0.15, 0.2) is 42.5 Å². The Bertz CT molecular complexity index is 827. The first-order valence-corrected chi connectivity index (χ1v) is 10.4. The highest BCUT2D eigenvalue weighted by Gasteiger charge is 2.23. The van der Waals surface area contributed by atoms with Gasteiger partial charge in [-0.3, -0.25) is 4.79 Å². The van der Waals surface area contributed by atoms with Crippen LogP contribution in [-0.2, 0) is 4.79 Å². The Balaban J connectivity index is 1.61. The summed E-state index contributed by atoms with van der Waals surface area (Å²) in [4.78, 5) is 13.3. The molecule has 2 aromatic rings. The zero-order chi connectivity index (χ0) is 21.0. The second-order valence-corrected chi connectivity index (χ2v) is 8.13. The molecule has 0 aliphatic carbocycles. The van der Waals surface area contributed by atoms with Crippen LogP contribution >= 0.6 is 0 Å². The van der Waals surface area contributed by atoms with Crippen LogP contribution in [0.1, 0.15) is 63.6 Å². The lowest BCUT2D eigenvalue weighted by molar-refractivity contribution is -0.119. The molecule has 1 aliphatic rings. The quantitative estimate of drug-likeness (QED) is 0.728. The van der Waals surface area contributed by atoms with Crippen molar-refractivity contribution in [2.45, 2.75) is 58.6 Å². The fourth-order valence-electron chi connectivity index (χ4n) is 3.98. The van der Waals surface area contributed by atoms with Gasteiger partial charge in [0, 0.05) is 20.0 Å². The number of carbonyl (C=O) groups is 1. The van der Waals surface area contributed by atoms with Crippen molar-refractivity contribution in [1.29, 1.82) is 0 Å². The van der Waals surface area contributed by atoms with Crippen molar-refractivity contribution in [2.24, 2.45) is 0 Å². The van der Waals surface area contributed by atoms with Gasteiger partial charge in [-0.05, 0) is 74.9 Å². The number of halogens is 1. The summed E-state index contributed by atoms with van der Waals surface area (Å²) in [6, 6.07) is 13.4. The topological polar surface area (TPSA) is 41.6 Å². The molecule has 4 nitrogen and oxygen atoms in total. The van der Waals surface area contributed by atoms with Crippen molar-refractivity contribution in [3.63, 3.8) is 0 Å². The maximum Gasteiger partial charge on any atom is 0.217 e. The van der Waals surface area contributed by atoms with E-state index in [1.807, 2.05) is 45.0 Å². The number of hydrogen-bond acceptors (Lipinski definition) is 3. The Kier molecular flexibility index (Phi) is 6.78. The number of hydrogen-bond donors (Lipinski definition) is 1. The van der Waals surface area contributed by atoms with Crippen LogP contribution in [-0.4, -0.2) is 25.1 Å². The highest BCUT2D eigenvalue weighted by atomic mass is 19.1. The van der Waals surface area contributed by atoms with Crippen molar-refractivity contribution >= 4 is 11.6 Å². The van der Waals surface area contributed by atoms with Gasteiger partial charge in [0.1, 0.15) is 11.6 Å². The summed E-state index contributed by atoms with van der Waals surface area (Å²) in [5.41, 5.74) is 2.74. The molecule has 1 heterocycles. The van der Waals surface area contributed by atoms with Crippen molar-refractivity contribution in [3.8, 4) is 5.75 Å². The molecular formula is C24H31FN2O2. The summed E-state index contributed by atoms with van der Waals surface area (Å²) >= 11 is 0. The molecular weight excluding hydrogens is 367 g/mol. The molecule has 29 heavy (non-hydrogen) atoms. The molecule has 1 N–H and O–H groups in total. The minimum atomic E-state index is -0.228. The number of benzene rings is 2. The molecule has 156 valence electrons. The van der Waals surface area contributed by atoms with E-state index in [-0.39, 0.29) is 23.9 Å². The number of rotatable bonds is 6. The van der Waals surface area contributed by atoms with E-state index >= 15 is 0 Å². The van der Waals surface area contributed by atoms with E-state index in [0.29, 0.717) is 11.6 Å². The van der Waals surface area contributed by atoms with Crippen LogP contribution in [0.4, 0.5) is 10.1 Å². The molecule has 3 rings (SSSR count). The van der Waals surface area contributed by atoms with Gasteiger partial charge in [-0.15, -0.1) is 0 Å². The lowest BCUT2D eigenvalue weighted by atomic mass is 9.89. The predicted molar refractivity (Wildman–Crippen MR) is 115 cm³/mol. The van der Waals surface area contributed by atoms with Gasteiger partial charge in [0.2, 0.25) is 5.91 Å². The zero-order valence-corrected chi connectivity index (χ0v) is 17.7. The molecule has 1 saturated heterocycles. The minimum Gasteiger partial charge on any atom is -0.491 e. The Labute approximate surface area is 173 Å². The summed E-state index contributed by atoms with van der Waals surface area (Å²) in [7, 11) is 0. The molecule has 1 aliphatic heterocycles. The number of amides is 1. The summed E-state index contributed by atoms with van der Waals surface area (Å²) < 4.78 is 20.5. The highest BCUT2D eigenvalue weighted by Crippen LogP contribution is 2.33. The highest BCUT2D eigenvalue weighted by molar-refractivity contribution is 5.73. The van der Waals surface area contributed by atoms with E-state index in [4.69, 9.17) is 4.74 Å². The lowest BCUT2D eigenvalue weighted by Gasteiger charge is -2.34. The van der Waals surface area contributed by atoms with Crippen LogP contribution in [0.5, 0.6) is 5.75 Å². The predicted octanol–water partition coefficient (Wildman–Crippen LogP) is 5.19. The summed E-state index contributed by atoms with van der Waals surface area (Å²) in [5, 5.41) is 2.80. The number of nitrogens with one attached hydrogen (secondary N) is 1. The van der Waals surface area contributed by atoms with Gasteiger partial charge >= 0.3 is 0 Å². The minimum absolute atomic E-state index is 0.118. The van der Waals surface area contributed by atoms with Crippen molar-refractivity contribution in [3.05, 3.63) is 59.4 Å². The third-order valence-electron chi connectivity index (χ3n) is 5.45. The third kappa shape index (κ3) is 5.49. The van der Waals surface area contributed by atoms with Crippen LogP contribution in [0.3, 0.4) is 0 Å². The molecule has 0 aromatic heterocycles. The Hall–Kier alpha value is -2.56. The first kappa shape index (κ1) is 21.2. The molecule has 1 atom stereocenters. The third-order valence-corrected chi connectivity index (χ3v) is 5.45. The molecule has 0 radical (unpaired) electrons. The number of ether oxygens (including phenoxy) is 1. The molecule has 1 fully saturated rings. The van der Waals surface area contributed by atoms with Gasteiger partial charge in [0.25, 0.3) is 0 Å². The first-order valence-electron chi connectivity index (χ1n) is 10.4. The van der Waals surface area contributed by atoms with Crippen LogP contribution in [0, 0.1) is 5.82 Å². The Morgan fingerprint density at radius 3 is 2.31 bits per heavy atom. The van der Waals surface area contributed by atoms with Crippen molar-refractivity contribution in [2.75, 3.05) is 18.0 Å². The second kappa shape index (κ2) is 9.29. The van der Waals surface area contributed by atoms with Crippen LogP contribution in [0.25, 0.3) is 0 Å². The standard InChI is InChI=1S/C24H31FN2O2/c1-16(2)29-22-8-5-19(6-9-22)20-11-13-27(14-12-20)24-10-7-21(15-23(24)25)17(3)26-18(4)28/h5-10,15-17,20H,11-14H2,1-4H3,(H,26,28)/t17-/m0/s1. The van der Waals surface area contributed by atoms with Crippen molar-refractivity contribution in [1.82, 2.24) is 5.32 Å². The van der Waals surface area contributed by atoms with E-state index in [1.54, 1.807) is 0 Å². The smallest absolute Gasteiger partial charge is 0.217 e. The average molecular weight is 399 g/mol. The van der Waals surface area contributed by atoms with Gasteiger partial charge in [-0.2, -0.15) is 0 Å². The molecule has 1 amide bonds. The van der Waals surface area contributed by atoms with Crippen LogP contribution in [0.2, 0.25) is 0 Å². The summed E-state index contributed by atoms with van der Waals surface area (Å²) in [6.07, 6.45) is 2.16. The Morgan fingerprint density at radius 2 is 1.76 bits per heavy atom. The maximum absolute atomic E-state index is 14.7. The molecule has 0 spiro atoms. The molecule has 0 bridgehead atoms. The number of anilines is 1. The van der Waals surface area contributed by atoms with Gasteiger partial charge in [0.15, 0.2) is 0 Å². The van der Waals surface area contributed by atoms with Crippen molar-refractivity contribution < 1.29 is 13.9 Å². The normalized spacial score (nSPS) is 16.0. The number of nitrogens with zero attached hydrogens (tertiary/aromatic N) is 1. The zero-order valence-electron chi connectivity index (χ0n) is 17.7. The van der Waals surface area contributed by atoms with Gasteiger partial charge in [-0.1, -0.05) is 18.2 Å². The summed E-state index contributed by atoms with van der Waals surface area (Å²) in [6.45, 7) is 9.03. The fourth-order valence-corrected chi connectivity index (χ4v) is 3.98. The van der Waals surface area contributed by atoms with E-state index in [2.05, 4.69) is 22.3 Å².